The van der Waals surface area contributed by atoms with Gasteiger partial charge in [-0.05, 0) is 48.4 Å². The summed E-state index contributed by atoms with van der Waals surface area (Å²) >= 11 is 18.7. The first-order chi connectivity index (χ1) is 18.9. The van der Waals surface area contributed by atoms with Gasteiger partial charge < -0.3 is 15.0 Å². The van der Waals surface area contributed by atoms with Crippen LogP contribution in [0.3, 0.4) is 0 Å². The van der Waals surface area contributed by atoms with E-state index in [1.54, 1.807) is 31.2 Å². The van der Waals surface area contributed by atoms with Gasteiger partial charge in [-0.25, -0.2) is 8.42 Å². The SMILES string of the molecule is CCNC(=O)[C@@H](Cc1ccccc1)N(Cc1ccc(Cl)cc1Cl)C(=O)CN(c1cc(Cl)ccc1OC)S(C)(=O)=O. The first-order valence-electron chi connectivity index (χ1n) is 12.3. The fourth-order valence-electron chi connectivity index (χ4n) is 4.13. The molecule has 0 saturated heterocycles. The lowest BCUT2D eigenvalue weighted by molar-refractivity contribution is -0.140. The Morgan fingerprint density at radius 1 is 0.975 bits per heavy atom. The molecule has 3 aromatic rings. The average molecular weight is 627 g/mol. The molecular formula is C28H30Cl3N3O5S. The highest BCUT2D eigenvalue weighted by Gasteiger charge is 2.34. The van der Waals surface area contributed by atoms with Crippen molar-refractivity contribution in [2.45, 2.75) is 25.9 Å². The van der Waals surface area contributed by atoms with E-state index in [4.69, 9.17) is 39.5 Å². The number of rotatable bonds is 12. The number of methoxy groups -OCH3 is 1. The van der Waals surface area contributed by atoms with Crippen molar-refractivity contribution in [2.24, 2.45) is 0 Å². The quantitative estimate of drug-likeness (QED) is 0.298. The van der Waals surface area contributed by atoms with Gasteiger partial charge in [0.25, 0.3) is 0 Å². The van der Waals surface area contributed by atoms with Crippen molar-refractivity contribution in [3.8, 4) is 5.75 Å². The smallest absolute Gasteiger partial charge is 0.244 e. The first kappa shape index (κ1) is 31.5. The highest BCUT2D eigenvalue weighted by atomic mass is 35.5. The minimum atomic E-state index is -3.99. The number of nitrogens with one attached hydrogen (secondary N) is 1. The molecule has 0 aliphatic heterocycles. The highest BCUT2D eigenvalue weighted by Crippen LogP contribution is 2.33. The summed E-state index contributed by atoms with van der Waals surface area (Å²) in [5.41, 5.74) is 1.44. The molecule has 0 radical (unpaired) electrons. The van der Waals surface area contributed by atoms with Crippen LogP contribution >= 0.6 is 34.8 Å². The summed E-state index contributed by atoms with van der Waals surface area (Å²) < 4.78 is 32.2. The average Bonchev–Trinajstić information content (AvgIpc) is 2.90. The van der Waals surface area contributed by atoms with Crippen molar-refractivity contribution in [1.29, 1.82) is 0 Å². The molecule has 214 valence electrons. The van der Waals surface area contributed by atoms with Gasteiger partial charge in [-0.1, -0.05) is 71.2 Å². The minimum absolute atomic E-state index is 0.0756. The second-order valence-corrected chi connectivity index (χ2v) is 12.1. The lowest BCUT2D eigenvalue weighted by Gasteiger charge is -2.34. The van der Waals surface area contributed by atoms with Crippen molar-refractivity contribution in [2.75, 3.05) is 30.8 Å². The number of hydrogen-bond acceptors (Lipinski definition) is 5. The Kier molecular flexibility index (Phi) is 11.1. The molecule has 0 aliphatic rings. The molecule has 8 nitrogen and oxygen atoms in total. The van der Waals surface area contributed by atoms with Crippen LogP contribution in [0.1, 0.15) is 18.1 Å². The zero-order chi connectivity index (χ0) is 29.4. The molecule has 1 N–H and O–H groups in total. The summed E-state index contributed by atoms with van der Waals surface area (Å²) in [6.07, 6.45) is 1.16. The van der Waals surface area contributed by atoms with Gasteiger partial charge in [0.1, 0.15) is 18.3 Å². The van der Waals surface area contributed by atoms with Gasteiger partial charge in [0.05, 0.1) is 19.1 Å². The molecule has 0 heterocycles. The number of halogens is 3. The fraction of sp³-hybridized carbons (Fsp3) is 0.286. The van der Waals surface area contributed by atoms with E-state index in [1.165, 1.54) is 24.1 Å². The van der Waals surface area contributed by atoms with Gasteiger partial charge in [-0.15, -0.1) is 0 Å². The van der Waals surface area contributed by atoms with E-state index in [9.17, 15) is 18.0 Å². The second-order valence-electron chi connectivity index (χ2n) is 8.94. The van der Waals surface area contributed by atoms with Crippen LogP contribution in [0.15, 0.2) is 66.7 Å². The standard InChI is InChI=1S/C28H30Cl3N3O5S/c1-4-32-28(36)25(14-19-8-6-5-7-9-19)33(17-20-10-11-21(29)15-23(20)31)27(35)18-34(40(3,37)38)24-16-22(30)12-13-26(24)39-2/h5-13,15-16,25H,4,14,17-18H2,1-3H3,(H,32,36)/t25-/m1/s1. The number of amides is 2. The third-order valence-electron chi connectivity index (χ3n) is 6.07. The lowest BCUT2D eigenvalue weighted by Crippen LogP contribution is -2.53. The van der Waals surface area contributed by atoms with E-state index < -0.39 is 34.4 Å². The number of likely N-dealkylation sites (N-methyl/N-ethyl adjacent to an activating group) is 1. The third-order valence-corrected chi connectivity index (χ3v) is 8.02. The van der Waals surface area contributed by atoms with E-state index >= 15 is 0 Å². The maximum absolute atomic E-state index is 14.1. The van der Waals surface area contributed by atoms with Crippen molar-refractivity contribution in [1.82, 2.24) is 10.2 Å². The molecule has 2 amide bonds. The first-order valence-corrected chi connectivity index (χ1v) is 15.3. The molecule has 0 bridgehead atoms. The molecule has 0 aliphatic carbocycles. The molecule has 0 aromatic heterocycles. The fourth-order valence-corrected chi connectivity index (χ4v) is 5.61. The van der Waals surface area contributed by atoms with Gasteiger partial charge in [0.15, 0.2) is 0 Å². The number of ether oxygens (including phenoxy) is 1. The summed E-state index contributed by atoms with van der Waals surface area (Å²) in [6, 6.07) is 17.5. The molecule has 40 heavy (non-hydrogen) atoms. The van der Waals surface area contributed by atoms with Crippen LogP contribution < -0.4 is 14.4 Å². The monoisotopic (exact) mass is 625 g/mol. The molecule has 12 heteroatoms. The van der Waals surface area contributed by atoms with Crippen molar-refractivity contribution in [3.63, 3.8) is 0 Å². The molecule has 3 aromatic carbocycles. The van der Waals surface area contributed by atoms with E-state index in [1.807, 2.05) is 30.3 Å². The van der Waals surface area contributed by atoms with Gasteiger partial charge in [0, 0.05) is 34.6 Å². The van der Waals surface area contributed by atoms with E-state index in [0.717, 1.165) is 16.1 Å². The maximum atomic E-state index is 14.1. The maximum Gasteiger partial charge on any atom is 0.244 e. The summed E-state index contributed by atoms with van der Waals surface area (Å²) in [7, 11) is -2.61. The lowest BCUT2D eigenvalue weighted by atomic mass is 10.0. The normalized spacial score (nSPS) is 11.9. The highest BCUT2D eigenvalue weighted by molar-refractivity contribution is 7.92. The van der Waals surface area contributed by atoms with Crippen LogP contribution in [0.5, 0.6) is 5.75 Å². The van der Waals surface area contributed by atoms with Gasteiger partial charge in [-0.3, -0.25) is 13.9 Å². The van der Waals surface area contributed by atoms with E-state index in [0.29, 0.717) is 22.2 Å². The molecule has 0 fully saturated rings. The number of nitrogens with zero attached hydrogens (tertiary/aromatic N) is 2. The van der Waals surface area contributed by atoms with Crippen molar-refractivity contribution < 1.29 is 22.7 Å². The molecule has 1 atom stereocenters. The topological polar surface area (TPSA) is 96.0 Å². The Labute approximate surface area is 249 Å². The van der Waals surface area contributed by atoms with Crippen LogP contribution in [0.4, 0.5) is 5.69 Å². The minimum Gasteiger partial charge on any atom is -0.495 e. The number of sulfonamides is 1. The van der Waals surface area contributed by atoms with Gasteiger partial charge in [-0.2, -0.15) is 0 Å². The number of anilines is 1. The van der Waals surface area contributed by atoms with Crippen molar-refractivity contribution >= 4 is 62.3 Å². The largest absolute Gasteiger partial charge is 0.495 e. The Morgan fingerprint density at radius 2 is 1.62 bits per heavy atom. The predicted molar refractivity (Wildman–Crippen MR) is 160 cm³/mol. The van der Waals surface area contributed by atoms with E-state index in [2.05, 4.69) is 5.32 Å². The number of carbonyl (C=O) groups is 2. The van der Waals surface area contributed by atoms with E-state index in [-0.39, 0.29) is 29.4 Å². The zero-order valence-electron chi connectivity index (χ0n) is 22.2. The molecule has 0 unspecified atom stereocenters. The third kappa shape index (κ3) is 8.27. The number of carbonyl (C=O) groups excluding carboxylic acids is 2. The Bertz CT molecular complexity index is 1450. The summed E-state index contributed by atoms with van der Waals surface area (Å²) in [5, 5.41) is 3.76. The van der Waals surface area contributed by atoms with Gasteiger partial charge >= 0.3 is 0 Å². The molecule has 3 rings (SSSR count). The zero-order valence-corrected chi connectivity index (χ0v) is 25.3. The summed E-state index contributed by atoms with van der Waals surface area (Å²) in [5.74, 6) is -0.818. The summed E-state index contributed by atoms with van der Waals surface area (Å²) in [6.45, 7) is 1.42. The van der Waals surface area contributed by atoms with Gasteiger partial charge in [0.2, 0.25) is 21.8 Å². The number of benzene rings is 3. The Morgan fingerprint density at radius 3 is 2.23 bits per heavy atom. The van der Waals surface area contributed by atoms with Crippen LogP contribution in [-0.4, -0.2) is 57.6 Å². The Balaban J connectivity index is 2.11. The molecule has 0 spiro atoms. The van der Waals surface area contributed by atoms with Crippen LogP contribution in [0.25, 0.3) is 0 Å². The number of hydrogen-bond donors (Lipinski definition) is 1. The predicted octanol–water partition coefficient (Wildman–Crippen LogP) is 5.20. The summed E-state index contributed by atoms with van der Waals surface area (Å²) in [4.78, 5) is 28.8. The second kappa shape index (κ2) is 14.1. The van der Waals surface area contributed by atoms with Crippen LogP contribution in [-0.2, 0) is 32.6 Å². The molecular weight excluding hydrogens is 597 g/mol. The van der Waals surface area contributed by atoms with Crippen molar-refractivity contribution in [3.05, 3.63) is 92.9 Å². The Hall–Kier alpha value is -2.98. The van der Waals surface area contributed by atoms with Crippen LogP contribution in [0.2, 0.25) is 15.1 Å². The molecule has 0 saturated carbocycles. The van der Waals surface area contributed by atoms with Crippen LogP contribution in [0, 0.1) is 0 Å².